The van der Waals surface area contributed by atoms with Crippen LogP contribution in [0, 0.1) is 5.82 Å². The molecule has 0 radical (unpaired) electrons. The average molecular weight is 318 g/mol. The van der Waals surface area contributed by atoms with Gasteiger partial charge in [0, 0.05) is 11.4 Å². The number of carbonyl (C=O) groups is 2. The summed E-state index contributed by atoms with van der Waals surface area (Å²) in [5.74, 6) is -1.91. The highest BCUT2D eigenvalue weighted by atomic mass is 35.5. The lowest BCUT2D eigenvalue weighted by Gasteiger charge is -2.22. The van der Waals surface area contributed by atoms with Gasteiger partial charge in [0.25, 0.3) is 0 Å². The van der Waals surface area contributed by atoms with E-state index >= 15 is 0 Å². The van der Waals surface area contributed by atoms with Gasteiger partial charge in [0.2, 0.25) is 0 Å². The van der Waals surface area contributed by atoms with Gasteiger partial charge in [-0.1, -0.05) is 17.7 Å². The van der Waals surface area contributed by atoms with Crippen LogP contribution >= 0.6 is 11.6 Å². The van der Waals surface area contributed by atoms with E-state index in [9.17, 15) is 14.0 Å². The molecule has 1 atom stereocenters. The fourth-order valence-electron chi connectivity index (χ4n) is 1.56. The van der Waals surface area contributed by atoms with Gasteiger partial charge in [0.1, 0.15) is 17.5 Å². The van der Waals surface area contributed by atoms with Gasteiger partial charge in [-0.25, -0.2) is 14.0 Å². The molecule has 0 aliphatic heterocycles. The van der Waals surface area contributed by atoms with Crippen molar-refractivity contribution in [2.24, 2.45) is 0 Å². The first kappa shape index (κ1) is 17.2. The maximum Gasteiger partial charge on any atom is 0.408 e. The van der Waals surface area contributed by atoms with Crippen LogP contribution < -0.4 is 5.32 Å². The molecule has 2 N–H and O–H groups in total. The topological polar surface area (TPSA) is 75.6 Å². The Morgan fingerprint density at radius 3 is 2.52 bits per heavy atom. The van der Waals surface area contributed by atoms with Crippen LogP contribution in [0.4, 0.5) is 9.18 Å². The molecule has 1 rings (SSSR count). The quantitative estimate of drug-likeness (QED) is 0.895. The largest absolute Gasteiger partial charge is 0.480 e. The molecule has 0 saturated heterocycles. The predicted octanol–water partition coefficient (Wildman–Crippen LogP) is 3.00. The summed E-state index contributed by atoms with van der Waals surface area (Å²) >= 11 is 5.63. The number of rotatable bonds is 4. The molecule has 1 aromatic carbocycles. The average Bonchev–Trinajstić information content (AvgIpc) is 2.28. The molecule has 7 heteroatoms. The van der Waals surface area contributed by atoms with E-state index in [0.29, 0.717) is 0 Å². The lowest BCUT2D eigenvalue weighted by molar-refractivity contribution is -0.139. The maximum absolute atomic E-state index is 13.7. The summed E-state index contributed by atoms with van der Waals surface area (Å²) in [7, 11) is 0. The summed E-state index contributed by atoms with van der Waals surface area (Å²) in [5.41, 5.74) is -0.610. The monoisotopic (exact) mass is 317 g/mol. The zero-order valence-corrected chi connectivity index (χ0v) is 12.7. The van der Waals surface area contributed by atoms with E-state index in [0.717, 1.165) is 6.07 Å². The van der Waals surface area contributed by atoms with E-state index in [1.54, 1.807) is 20.8 Å². The van der Waals surface area contributed by atoms with Gasteiger partial charge in [-0.05, 0) is 38.5 Å². The smallest absolute Gasteiger partial charge is 0.408 e. The molecule has 1 aromatic rings. The molecule has 5 nitrogen and oxygen atoms in total. The van der Waals surface area contributed by atoms with Gasteiger partial charge in [0.05, 0.1) is 0 Å². The highest BCUT2D eigenvalue weighted by Gasteiger charge is 2.25. The summed E-state index contributed by atoms with van der Waals surface area (Å²) in [4.78, 5) is 22.8. The molecule has 0 aliphatic carbocycles. The molecule has 0 heterocycles. The van der Waals surface area contributed by atoms with Gasteiger partial charge >= 0.3 is 12.1 Å². The highest BCUT2D eigenvalue weighted by Crippen LogP contribution is 2.16. The Morgan fingerprint density at radius 2 is 2.05 bits per heavy atom. The van der Waals surface area contributed by atoms with E-state index in [1.807, 2.05) is 0 Å². The second kappa shape index (κ2) is 6.76. The minimum absolute atomic E-state index is 0.142. The second-order valence-corrected chi connectivity index (χ2v) is 5.91. The van der Waals surface area contributed by atoms with E-state index in [4.69, 9.17) is 21.4 Å². The predicted molar refractivity (Wildman–Crippen MR) is 75.9 cm³/mol. The first-order valence-corrected chi connectivity index (χ1v) is 6.62. The van der Waals surface area contributed by atoms with Crippen molar-refractivity contribution in [3.63, 3.8) is 0 Å². The van der Waals surface area contributed by atoms with Crippen LogP contribution in [-0.2, 0) is 16.0 Å². The summed E-state index contributed by atoms with van der Waals surface area (Å²) in [6.07, 6.45) is -1.08. The molecule has 0 fully saturated rings. The van der Waals surface area contributed by atoms with Crippen LogP contribution in [-0.4, -0.2) is 28.8 Å². The third-order valence-corrected chi connectivity index (χ3v) is 2.66. The van der Waals surface area contributed by atoms with Crippen molar-refractivity contribution < 1.29 is 23.8 Å². The SMILES string of the molecule is CC(C)(C)OC(=O)N[C@H](Cc1ccc(Cl)cc1F)C(=O)O. The van der Waals surface area contributed by atoms with Crippen molar-refractivity contribution in [3.05, 3.63) is 34.6 Å². The number of hydrogen-bond acceptors (Lipinski definition) is 3. The third-order valence-electron chi connectivity index (χ3n) is 2.43. The van der Waals surface area contributed by atoms with Gasteiger partial charge in [-0.2, -0.15) is 0 Å². The third kappa shape index (κ3) is 5.99. The zero-order valence-electron chi connectivity index (χ0n) is 11.9. The van der Waals surface area contributed by atoms with Crippen LogP contribution in [0.25, 0.3) is 0 Å². The molecule has 0 unspecified atom stereocenters. The van der Waals surface area contributed by atoms with Crippen molar-refractivity contribution in [1.29, 1.82) is 0 Å². The molecule has 0 aliphatic rings. The van der Waals surface area contributed by atoms with Crippen molar-refractivity contribution in [2.45, 2.75) is 38.8 Å². The molecule has 0 saturated carbocycles. The fourth-order valence-corrected chi connectivity index (χ4v) is 1.72. The number of hydrogen-bond donors (Lipinski definition) is 2. The van der Waals surface area contributed by atoms with Crippen molar-refractivity contribution in [2.75, 3.05) is 0 Å². The Kier molecular flexibility index (Phi) is 5.54. The van der Waals surface area contributed by atoms with E-state index < -0.39 is 29.5 Å². The van der Waals surface area contributed by atoms with Gasteiger partial charge < -0.3 is 15.2 Å². The Labute approximate surface area is 127 Å². The van der Waals surface area contributed by atoms with Crippen LogP contribution in [0.1, 0.15) is 26.3 Å². The number of benzene rings is 1. The number of carboxylic acid groups (broad SMARTS) is 1. The molecular formula is C14H17ClFNO4. The van der Waals surface area contributed by atoms with Crippen LogP contribution in [0.2, 0.25) is 5.02 Å². The van der Waals surface area contributed by atoms with E-state index in [2.05, 4.69) is 5.32 Å². The molecule has 0 spiro atoms. The van der Waals surface area contributed by atoms with E-state index in [1.165, 1.54) is 12.1 Å². The van der Waals surface area contributed by atoms with Crippen LogP contribution in [0.15, 0.2) is 18.2 Å². The minimum Gasteiger partial charge on any atom is -0.480 e. The van der Waals surface area contributed by atoms with Gasteiger partial charge in [-0.15, -0.1) is 0 Å². The minimum atomic E-state index is -1.30. The van der Waals surface area contributed by atoms with Gasteiger partial charge in [-0.3, -0.25) is 0 Å². The number of amides is 1. The first-order chi connectivity index (χ1) is 9.58. The Morgan fingerprint density at radius 1 is 1.43 bits per heavy atom. The Bertz CT molecular complexity index is 542. The Hall–Kier alpha value is -1.82. The number of carboxylic acids is 1. The van der Waals surface area contributed by atoms with Crippen molar-refractivity contribution in [1.82, 2.24) is 5.32 Å². The number of alkyl carbamates (subject to hydrolysis) is 1. The zero-order chi connectivity index (χ0) is 16.2. The number of halogens is 2. The highest BCUT2D eigenvalue weighted by molar-refractivity contribution is 6.30. The summed E-state index contributed by atoms with van der Waals surface area (Å²) in [6.45, 7) is 4.96. The molecule has 116 valence electrons. The molecule has 21 heavy (non-hydrogen) atoms. The lowest BCUT2D eigenvalue weighted by Crippen LogP contribution is -2.44. The maximum atomic E-state index is 13.7. The first-order valence-electron chi connectivity index (χ1n) is 6.25. The number of ether oxygens (including phenoxy) is 1. The van der Waals surface area contributed by atoms with Crippen molar-refractivity contribution in [3.8, 4) is 0 Å². The molecule has 0 bridgehead atoms. The summed E-state index contributed by atoms with van der Waals surface area (Å²) in [6, 6.07) is 2.62. The van der Waals surface area contributed by atoms with Crippen molar-refractivity contribution >= 4 is 23.7 Å². The Balaban J connectivity index is 2.79. The van der Waals surface area contributed by atoms with E-state index in [-0.39, 0.29) is 17.0 Å². The number of nitrogens with one attached hydrogen (secondary N) is 1. The van der Waals surface area contributed by atoms with Gasteiger partial charge in [0.15, 0.2) is 0 Å². The van der Waals surface area contributed by atoms with Crippen LogP contribution in [0.5, 0.6) is 0 Å². The molecular weight excluding hydrogens is 301 g/mol. The number of aliphatic carboxylic acids is 1. The van der Waals surface area contributed by atoms with Crippen LogP contribution in [0.3, 0.4) is 0 Å². The number of carbonyl (C=O) groups excluding carboxylic acids is 1. The second-order valence-electron chi connectivity index (χ2n) is 5.48. The fraction of sp³-hybridized carbons (Fsp3) is 0.429. The lowest BCUT2D eigenvalue weighted by atomic mass is 10.1. The molecule has 1 amide bonds. The molecule has 0 aromatic heterocycles. The summed E-state index contributed by atoms with van der Waals surface area (Å²) in [5, 5.41) is 11.5. The normalized spacial score (nSPS) is 12.6. The standard InChI is InChI=1S/C14H17ClFNO4/c1-14(2,3)21-13(20)17-11(12(18)19)6-8-4-5-9(15)7-10(8)16/h4-5,7,11H,6H2,1-3H3,(H,17,20)(H,18,19)/t11-/m1/s1. The summed E-state index contributed by atoms with van der Waals surface area (Å²) < 4.78 is 18.6.